The van der Waals surface area contributed by atoms with Gasteiger partial charge in [-0.05, 0) is 24.5 Å². The second-order valence-electron chi connectivity index (χ2n) is 4.41. The Labute approximate surface area is 108 Å². The maximum absolute atomic E-state index is 5.87. The van der Waals surface area contributed by atoms with Crippen LogP contribution in [0.2, 0.25) is 0 Å². The third-order valence-electron chi connectivity index (χ3n) is 2.35. The lowest BCUT2D eigenvalue weighted by atomic mass is 10.1. The number of pyridine rings is 1. The second-order valence-corrected chi connectivity index (χ2v) is 4.68. The molecule has 1 aromatic heterocycles. The van der Waals surface area contributed by atoms with Gasteiger partial charge in [0.05, 0.1) is 6.61 Å². The average molecular weight is 258 g/mol. The molecule has 0 aromatic carbocycles. The van der Waals surface area contributed by atoms with Crippen LogP contribution in [0.4, 0.5) is 0 Å². The molecule has 96 valence electrons. The highest BCUT2D eigenvalue weighted by Gasteiger charge is 2.09. The van der Waals surface area contributed by atoms with Gasteiger partial charge in [0.15, 0.2) is 0 Å². The molecular formula is C13H20ClNO2. The van der Waals surface area contributed by atoms with E-state index in [9.17, 15) is 0 Å². The van der Waals surface area contributed by atoms with Crippen molar-refractivity contribution in [3.63, 3.8) is 0 Å². The SMILES string of the molecule is COCC(C)Oc1cc(CCl)cc(C(C)C)n1. The quantitative estimate of drug-likeness (QED) is 0.733. The molecule has 0 amide bonds. The van der Waals surface area contributed by atoms with E-state index in [1.165, 1.54) is 0 Å². The summed E-state index contributed by atoms with van der Waals surface area (Å²) in [6.07, 6.45) is -0.0157. The Morgan fingerprint density at radius 2 is 2.00 bits per heavy atom. The van der Waals surface area contributed by atoms with Crippen molar-refractivity contribution in [1.29, 1.82) is 0 Å². The van der Waals surface area contributed by atoms with E-state index in [1.807, 2.05) is 19.1 Å². The Hall–Kier alpha value is -0.800. The maximum Gasteiger partial charge on any atom is 0.214 e. The molecule has 0 spiro atoms. The third-order valence-corrected chi connectivity index (χ3v) is 2.66. The fraction of sp³-hybridized carbons (Fsp3) is 0.615. The summed E-state index contributed by atoms with van der Waals surface area (Å²) < 4.78 is 10.7. The van der Waals surface area contributed by atoms with Crippen molar-refractivity contribution in [3.05, 3.63) is 23.4 Å². The smallest absolute Gasteiger partial charge is 0.214 e. The molecule has 0 bridgehead atoms. The van der Waals surface area contributed by atoms with Gasteiger partial charge in [-0.25, -0.2) is 4.98 Å². The van der Waals surface area contributed by atoms with Gasteiger partial charge in [0.1, 0.15) is 6.10 Å². The fourth-order valence-corrected chi connectivity index (χ4v) is 1.64. The molecule has 1 atom stereocenters. The minimum absolute atomic E-state index is 0.0157. The Bertz CT molecular complexity index is 355. The highest BCUT2D eigenvalue weighted by molar-refractivity contribution is 6.17. The number of halogens is 1. The van der Waals surface area contributed by atoms with Gasteiger partial charge in [-0.3, -0.25) is 0 Å². The summed E-state index contributed by atoms with van der Waals surface area (Å²) in [6.45, 7) is 6.70. The zero-order valence-corrected chi connectivity index (χ0v) is 11.6. The summed E-state index contributed by atoms with van der Waals surface area (Å²) in [6, 6.07) is 3.90. The molecular weight excluding hydrogens is 238 g/mol. The van der Waals surface area contributed by atoms with Gasteiger partial charge in [-0.1, -0.05) is 13.8 Å². The Morgan fingerprint density at radius 1 is 1.29 bits per heavy atom. The molecule has 0 saturated heterocycles. The van der Waals surface area contributed by atoms with Gasteiger partial charge < -0.3 is 9.47 Å². The average Bonchev–Trinajstić information content (AvgIpc) is 2.28. The number of ether oxygens (including phenoxy) is 2. The van der Waals surface area contributed by atoms with Crippen LogP contribution in [-0.2, 0) is 10.6 Å². The first-order valence-electron chi connectivity index (χ1n) is 5.79. The van der Waals surface area contributed by atoms with Crippen LogP contribution in [0.1, 0.15) is 37.9 Å². The van der Waals surface area contributed by atoms with Crippen LogP contribution in [0.15, 0.2) is 12.1 Å². The van der Waals surface area contributed by atoms with Crippen molar-refractivity contribution >= 4 is 11.6 Å². The number of hydrogen-bond acceptors (Lipinski definition) is 3. The van der Waals surface area contributed by atoms with Crippen LogP contribution in [0.5, 0.6) is 5.88 Å². The second kappa shape index (κ2) is 6.82. The van der Waals surface area contributed by atoms with Crippen LogP contribution in [0.3, 0.4) is 0 Å². The largest absolute Gasteiger partial charge is 0.472 e. The molecule has 4 heteroatoms. The summed E-state index contributed by atoms with van der Waals surface area (Å²) in [5.74, 6) is 1.45. The molecule has 17 heavy (non-hydrogen) atoms. The van der Waals surface area contributed by atoms with Crippen molar-refractivity contribution in [2.75, 3.05) is 13.7 Å². The summed E-state index contributed by atoms with van der Waals surface area (Å²) in [5, 5.41) is 0. The Balaban J connectivity index is 2.87. The normalized spacial score (nSPS) is 12.8. The predicted molar refractivity (Wildman–Crippen MR) is 69.8 cm³/mol. The first-order chi connectivity index (χ1) is 8.06. The van der Waals surface area contributed by atoms with Crippen molar-refractivity contribution in [2.45, 2.75) is 38.7 Å². The molecule has 0 fully saturated rings. The molecule has 3 nitrogen and oxygen atoms in total. The van der Waals surface area contributed by atoms with E-state index in [4.69, 9.17) is 21.1 Å². The lowest BCUT2D eigenvalue weighted by Crippen LogP contribution is -2.19. The minimum Gasteiger partial charge on any atom is -0.472 e. The first kappa shape index (κ1) is 14.3. The topological polar surface area (TPSA) is 31.4 Å². The summed E-state index contributed by atoms with van der Waals surface area (Å²) in [5.41, 5.74) is 2.03. The Kier molecular flexibility index (Phi) is 5.72. The molecule has 0 radical (unpaired) electrons. The van der Waals surface area contributed by atoms with Crippen LogP contribution < -0.4 is 4.74 Å². The van der Waals surface area contributed by atoms with Crippen LogP contribution in [0, 0.1) is 0 Å². The van der Waals surface area contributed by atoms with E-state index in [0.717, 1.165) is 11.3 Å². The van der Waals surface area contributed by atoms with Gasteiger partial charge in [-0.2, -0.15) is 0 Å². The highest BCUT2D eigenvalue weighted by atomic mass is 35.5. The van der Waals surface area contributed by atoms with Gasteiger partial charge in [0.25, 0.3) is 0 Å². The number of nitrogens with zero attached hydrogens (tertiary/aromatic N) is 1. The van der Waals surface area contributed by atoms with Crippen molar-refractivity contribution in [3.8, 4) is 5.88 Å². The fourth-order valence-electron chi connectivity index (χ4n) is 1.49. The number of methoxy groups -OCH3 is 1. The van der Waals surface area contributed by atoms with Gasteiger partial charge >= 0.3 is 0 Å². The molecule has 0 aliphatic carbocycles. The Morgan fingerprint density at radius 3 is 2.53 bits per heavy atom. The number of rotatable bonds is 6. The van der Waals surface area contributed by atoms with Crippen molar-refractivity contribution < 1.29 is 9.47 Å². The van der Waals surface area contributed by atoms with Crippen molar-refractivity contribution in [1.82, 2.24) is 4.98 Å². The van der Waals surface area contributed by atoms with Crippen LogP contribution >= 0.6 is 11.6 Å². The molecule has 0 aliphatic rings. The van der Waals surface area contributed by atoms with E-state index in [-0.39, 0.29) is 6.10 Å². The summed E-state index contributed by atoms with van der Waals surface area (Å²) in [7, 11) is 1.65. The minimum atomic E-state index is -0.0157. The maximum atomic E-state index is 5.87. The molecule has 0 aliphatic heterocycles. The predicted octanol–water partition coefficient (Wildman–Crippen LogP) is 3.36. The van der Waals surface area contributed by atoms with Crippen molar-refractivity contribution in [2.24, 2.45) is 0 Å². The van der Waals surface area contributed by atoms with Gasteiger partial charge in [-0.15, -0.1) is 11.6 Å². The van der Waals surface area contributed by atoms with Crippen LogP contribution in [0.25, 0.3) is 0 Å². The van der Waals surface area contributed by atoms with E-state index in [1.54, 1.807) is 7.11 Å². The molecule has 1 aromatic rings. The van der Waals surface area contributed by atoms with E-state index >= 15 is 0 Å². The molecule has 0 N–H and O–H groups in total. The van der Waals surface area contributed by atoms with Gasteiger partial charge in [0, 0.05) is 24.8 Å². The molecule has 0 saturated carbocycles. The van der Waals surface area contributed by atoms with E-state index in [0.29, 0.717) is 24.3 Å². The molecule has 1 unspecified atom stereocenters. The highest BCUT2D eigenvalue weighted by Crippen LogP contribution is 2.20. The molecule has 1 heterocycles. The zero-order chi connectivity index (χ0) is 12.8. The van der Waals surface area contributed by atoms with E-state index < -0.39 is 0 Å². The lowest BCUT2D eigenvalue weighted by molar-refractivity contribution is 0.0887. The lowest BCUT2D eigenvalue weighted by Gasteiger charge is -2.15. The summed E-state index contributed by atoms with van der Waals surface area (Å²) in [4.78, 5) is 4.47. The van der Waals surface area contributed by atoms with E-state index in [2.05, 4.69) is 18.8 Å². The molecule has 1 rings (SSSR count). The first-order valence-corrected chi connectivity index (χ1v) is 6.32. The zero-order valence-electron chi connectivity index (χ0n) is 10.9. The summed E-state index contributed by atoms with van der Waals surface area (Å²) >= 11 is 5.87. The number of alkyl halides is 1. The third kappa shape index (κ3) is 4.52. The number of aromatic nitrogens is 1. The number of hydrogen-bond donors (Lipinski definition) is 0. The van der Waals surface area contributed by atoms with Crippen LogP contribution in [-0.4, -0.2) is 24.8 Å². The standard InChI is InChI=1S/C13H20ClNO2/c1-9(2)12-5-11(7-14)6-13(15-12)17-10(3)8-16-4/h5-6,9-10H,7-8H2,1-4H3. The van der Waals surface area contributed by atoms with Gasteiger partial charge in [0.2, 0.25) is 5.88 Å². The monoisotopic (exact) mass is 257 g/mol.